The molecule has 0 radical (unpaired) electrons. The summed E-state index contributed by atoms with van der Waals surface area (Å²) >= 11 is 0. The Kier molecular flexibility index (Phi) is 16.6. The van der Waals surface area contributed by atoms with Gasteiger partial charge in [0.2, 0.25) is 0 Å². The van der Waals surface area contributed by atoms with E-state index in [-0.39, 0.29) is 12.6 Å². The summed E-state index contributed by atoms with van der Waals surface area (Å²) in [6.07, 6.45) is 12.1. The summed E-state index contributed by atoms with van der Waals surface area (Å²) in [5.74, 6) is 0. The molecule has 0 spiro atoms. The van der Waals surface area contributed by atoms with Gasteiger partial charge in [-0.15, -0.1) is 0 Å². The number of rotatable bonds is 19. The lowest BCUT2D eigenvalue weighted by molar-refractivity contribution is -0.0690. The Morgan fingerprint density at radius 2 is 1.41 bits per heavy atom. The van der Waals surface area contributed by atoms with Gasteiger partial charge in [-0.1, -0.05) is 78.6 Å². The molecule has 5 N–H and O–H groups in total. The molecule has 0 saturated heterocycles. The molecule has 0 rings (SSSR count). The third-order valence-corrected chi connectivity index (χ3v) is 5.69. The fourth-order valence-electron chi connectivity index (χ4n) is 3.72. The van der Waals surface area contributed by atoms with Gasteiger partial charge >= 0.3 is 0 Å². The molecule has 27 heavy (non-hydrogen) atoms. The molecule has 0 heterocycles. The minimum atomic E-state index is -1.39. The molecule has 0 fully saturated rings. The molecule has 5 nitrogen and oxygen atoms in total. The second-order valence-corrected chi connectivity index (χ2v) is 8.18. The first kappa shape index (κ1) is 26.8. The van der Waals surface area contributed by atoms with Crippen molar-refractivity contribution in [2.75, 3.05) is 13.2 Å². The van der Waals surface area contributed by atoms with Gasteiger partial charge in [0.25, 0.3) is 0 Å². The fraction of sp³-hybridized carbons (Fsp3) is 1.00. The molecule has 0 aliphatic carbocycles. The van der Waals surface area contributed by atoms with Gasteiger partial charge in [0.1, 0.15) is 0 Å². The summed E-state index contributed by atoms with van der Waals surface area (Å²) in [6, 6.07) is -0.401. The van der Waals surface area contributed by atoms with Crippen molar-refractivity contribution >= 4 is 0 Å². The highest BCUT2D eigenvalue weighted by atomic mass is 16.5. The molecular weight excluding hydrogens is 340 g/mol. The zero-order valence-electron chi connectivity index (χ0n) is 18.5. The largest absolute Gasteiger partial charge is 0.394 e. The van der Waals surface area contributed by atoms with Gasteiger partial charge in [0, 0.05) is 6.04 Å². The van der Waals surface area contributed by atoms with Crippen LogP contribution in [-0.2, 0) is 0 Å². The van der Waals surface area contributed by atoms with Crippen molar-refractivity contribution in [3.05, 3.63) is 0 Å². The van der Waals surface area contributed by atoms with Crippen LogP contribution in [0.15, 0.2) is 0 Å². The van der Waals surface area contributed by atoms with Gasteiger partial charge in [-0.25, -0.2) is 0 Å². The summed E-state index contributed by atoms with van der Waals surface area (Å²) in [7, 11) is 0. The molecule has 0 aromatic heterocycles. The van der Waals surface area contributed by atoms with E-state index in [1.165, 1.54) is 25.7 Å². The first-order valence-electron chi connectivity index (χ1n) is 11.4. The third kappa shape index (κ3) is 11.4. The number of nitrogens with one attached hydrogen (secondary N) is 2. The van der Waals surface area contributed by atoms with E-state index in [2.05, 4.69) is 31.4 Å². The molecule has 3 unspecified atom stereocenters. The minimum Gasteiger partial charge on any atom is -0.394 e. The van der Waals surface area contributed by atoms with Gasteiger partial charge in [-0.2, -0.15) is 0 Å². The number of unbranched alkanes of at least 4 members (excludes halogenated alkanes) is 7. The standard InChI is InChI=1S/C22H48N2O3/c1-5-8-11-12-14-17-23-22(18-25,16-13-9-6-2)20(15-10-7-3)24-19(4)21(26)27/h19-21,23-27H,5-18H2,1-4H3. The van der Waals surface area contributed by atoms with Crippen molar-refractivity contribution in [3.8, 4) is 0 Å². The van der Waals surface area contributed by atoms with Crippen LogP contribution in [0.2, 0.25) is 0 Å². The van der Waals surface area contributed by atoms with Crippen LogP contribution in [0.5, 0.6) is 0 Å². The van der Waals surface area contributed by atoms with Crippen LogP contribution in [-0.4, -0.2) is 52.4 Å². The van der Waals surface area contributed by atoms with Crippen molar-refractivity contribution in [2.24, 2.45) is 0 Å². The van der Waals surface area contributed by atoms with E-state index < -0.39 is 17.9 Å². The molecule has 0 aliphatic heterocycles. The lowest BCUT2D eigenvalue weighted by Gasteiger charge is -2.43. The first-order valence-corrected chi connectivity index (χ1v) is 11.4. The van der Waals surface area contributed by atoms with Gasteiger partial charge in [-0.05, 0) is 32.7 Å². The Balaban J connectivity index is 5.10. The van der Waals surface area contributed by atoms with Crippen LogP contribution in [0.4, 0.5) is 0 Å². The lowest BCUT2D eigenvalue weighted by atomic mass is 9.81. The second-order valence-electron chi connectivity index (χ2n) is 8.18. The topological polar surface area (TPSA) is 84.8 Å². The van der Waals surface area contributed by atoms with Crippen LogP contribution >= 0.6 is 0 Å². The normalized spacial score (nSPS) is 16.4. The highest BCUT2D eigenvalue weighted by Crippen LogP contribution is 2.24. The van der Waals surface area contributed by atoms with Crippen LogP contribution in [0.3, 0.4) is 0 Å². The maximum absolute atomic E-state index is 10.4. The van der Waals surface area contributed by atoms with E-state index in [9.17, 15) is 15.3 Å². The molecule has 0 aromatic rings. The van der Waals surface area contributed by atoms with Crippen molar-refractivity contribution in [2.45, 2.75) is 129 Å². The van der Waals surface area contributed by atoms with Crippen molar-refractivity contribution < 1.29 is 15.3 Å². The zero-order valence-corrected chi connectivity index (χ0v) is 18.5. The van der Waals surface area contributed by atoms with Crippen LogP contribution < -0.4 is 10.6 Å². The summed E-state index contributed by atoms with van der Waals surface area (Å²) in [5, 5.41) is 36.6. The summed E-state index contributed by atoms with van der Waals surface area (Å²) in [5.41, 5.74) is -0.405. The number of hydrogen-bond acceptors (Lipinski definition) is 5. The molecule has 164 valence electrons. The molecular formula is C22H48N2O3. The van der Waals surface area contributed by atoms with E-state index in [1.54, 1.807) is 6.92 Å². The molecule has 3 atom stereocenters. The lowest BCUT2D eigenvalue weighted by Crippen LogP contribution is -2.64. The molecule has 0 amide bonds. The van der Waals surface area contributed by atoms with Gasteiger partial charge in [0.05, 0.1) is 18.2 Å². The maximum atomic E-state index is 10.4. The number of aliphatic hydroxyl groups is 3. The van der Waals surface area contributed by atoms with Crippen LogP contribution in [0.25, 0.3) is 0 Å². The Bertz CT molecular complexity index is 329. The molecule has 0 aromatic carbocycles. The number of aliphatic hydroxyl groups excluding tert-OH is 2. The van der Waals surface area contributed by atoms with E-state index in [0.717, 1.165) is 57.9 Å². The Labute approximate surface area is 168 Å². The average molecular weight is 389 g/mol. The predicted octanol–water partition coefficient (Wildman–Crippen LogP) is 3.71. The minimum absolute atomic E-state index is 0.0201. The second kappa shape index (κ2) is 16.7. The Morgan fingerprint density at radius 3 is 1.96 bits per heavy atom. The molecule has 5 heteroatoms. The van der Waals surface area contributed by atoms with Crippen LogP contribution in [0.1, 0.15) is 105 Å². The predicted molar refractivity (Wildman–Crippen MR) is 115 cm³/mol. The smallest absolute Gasteiger partial charge is 0.166 e. The van der Waals surface area contributed by atoms with E-state index in [0.29, 0.717) is 0 Å². The Hall–Kier alpha value is -0.200. The maximum Gasteiger partial charge on any atom is 0.166 e. The Morgan fingerprint density at radius 1 is 0.815 bits per heavy atom. The monoisotopic (exact) mass is 388 g/mol. The van der Waals surface area contributed by atoms with Gasteiger partial charge in [0.15, 0.2) is 6.29 Å². The van der Waals surface area contributed by atoms with E-state index in [1.807, 2.05) is 0 Å². The highest BCUT2D eigenvalue weighted by Gasteiger charge is 2.38. The molecule has 0 aliphatic rings. The van der Waals surface area contributed by atoms with Gasteiger partial charge in [-0.3, -0.25) is 0 Å². The van der Waals surface area contributed by atoms with E-state index in [4.69, 9.17) is 0 Å². The van der Waals surface area contributed by atoms with Gasteiger partial charge < -0.3 is 26.0 Å². The summed E-state index contributed by atoms with van der Waals surface area (Å²) < 4.78 is 0. The molecule has 0 saturated carbocycles. The van der Waals surface area contributed by atoms with Crippen LogP contribution in [0, 0.1) is 0 Å². The quantitative estimate of drug-likeness (QED) is 0.172. The fourth-order valence-corrected chi connectivity index (χ4v) is 3.72. The first-order chi connectivity index (χ1) is 13.0. The summed E-state index contributed by atoms with van der Waals surface area (Å²) in [6.45, 7) is 9.35. The van der Waals surface area contributed by atoms with E-state index >= 15 is 0 Å². The zero-order chi connectivity index (χ0) is 20.5. The SMILES string of the molecule is CCCCCCCNC(CO)(CCCCC)C(CCCC)NC(C)C(O)O. The van der Waals surface area contributed by atoms with Crippen molar-refractivity contribution in [1.29, 1.82) is 0 Å². The average Bonchev–Trinajstić information content (AvgIpc) is 2.66. The van der Waals surface area contributed by atoms with Crippen molar-refractivity contribution in [1.82, 2.24) is 10.6 Å². The molecule has 0 bridgehead atoms. The summed E-state index contributed by atoms with van der Waals surface area (Å²) in [4.78, 5) is 0. The van der Waals surface area contributed by atoms with Crippen molar-refractivity contribution in [3.63, 3.8) is 0 Å². The number of hydrogen-bond donors (Lipinski definition) is 5. The third-order valence-electron chi connectivity index (χ3n) is 5.69. The highest BCUT2D eigenvalue weighted by molar-refractivity contribution is 4.99.